The molecule has 2 N–H and O–H groups in total. The van der Waals surface area contributed by atoms with Gasteiger partial charge in [0.25, 0.3) is 0 Å². The van der Waals surface area contributed by atoms with Gasteiger partial charge in [0.2, 0.25) is 5.91 Å². The highest BCUT2D eigenvalue weighted by Gasteiger charge is 2.32. The van der Waals surface area contributed by atoms with Crippen LogP contribution in [0.5, 0.6) is 0 Å². The van der Waals surface area contributed by atoms with Crippen LogP contribution in [0.25, 0.3) is 10.6 Å². The Hall–Kier alpha value is -2.84. The zero-order chi connectivity index (χ0) is 24.2. The van der Waals surface area contributed by atoms with Gasteiger partial charge in [-0.15, -0.1) is 11.3 Å². The topological polar surface area (TPSA) is 91.2 Å². The first-order valence-corrected chi connectivity index (χ1v) is 13.4. The first-order valence-electron chi connectivity index (χ1n) is 12.6. The van der Waals surface area contributed by atoms with Crippen LogP contribution in [0.15, 0.2) is 42.7 Å². The van der Waals surface area contributed by atoms with Crippen LogP contribution in [-0.4, -0.2) is 50.6 Å². The smallest absolute Gasteiger partial charge is 0.225 e. The highest BCUT2D eigenvalue weighted by molar-refractivity contribution is 7.15. The lowest BCUT2D eigenvalue weighted by Crippen LogP contribution is -2.43. The number of aliphatic hydroxyl groups excluding tert-OH is 1. The lowest BCUT2D eigenvalue weighted by molar-refractivity contribution is -0.138. The first-order chi connectivity index (χ1) is 17.1. The average molecular weight is 492 g/mol. The molecule has 3 aromatic rings. The number of aromatic nitrogens is 3. The Bertz CT molecular complexity index is 1150. The zero-order valence-electron chi connectivity index (χ0n) is 20.2. The minimum atomic E-state index is 0.135. The summed E-state index contributed by atoms with van der Waals surface area (Å²) >= 11 is 1.71. The van der Waals surface area contributed by atoms with E-state index in [4.69, 9.17) is 9.97 Å². The van der Waals surface area contributed by atoms with E-state index in [1.807, 2.05) is 48.4 Å². The van der Waals surface area contributed by atoms with E-state index in [-0.39, 0.29) is 12.5 Å². The molecule has 3 aromatic heterocycles. The molecule has 0 spiro atoms. The summed E-state index contributed by atoms with van der Waals surface area (Å²) in [5.41, 5.74) is 2.05. The number of carbonyl (C=O) groups is 1. The van der Waals surface area contributed by atoms with Gasteiger partial charge in [-0.05, 0) is 81.2 Å². The summed E-state index contributed by atoms with van der Waals surface area (Å²) < 4.78 is 0. The molecule has 1 amide bonds. The molecule has 1 aliphatic carbocycles. The molecule has 0 radical (unpaired) electrons. The summed E-state index contributed by atoms with van der Waals surface area (Å²) in [5.74, 6) is 2.77. The second kappa shape index (κ2) is 10.8. The number of hydrogen-bond acceptors (Lipinski definition) is 7. The Kier molecular flexibility index (Phi) is 7.39. The van der Waals surface area contributed by atoms with Crippen molar-refractivity contribution in [3.05, 3.63) is 53.3 Å². The quantitative estimate of drug-likeness (QED) is 0.495. The molecule has 1 aliphatic heterocycles. The Morgan fingerprint density at radius 2 is 1.89 bits per heavy atom. The summed E-state index contributed by atoms with van der Waals surface area (Å²) in [6.45, 7) is 3.87. The number of thiazole rings is 1. The van der Waals surface area contributed by atoms with Gasteiger partial charge in [-0.2, -0.15) is 0 Å². The van der Waals surface area contributed by atoms with Crippen molar-refractivity contribution in [3.63, 3.8) is 0 Å². The number of aryl methyl sites for hydroxylation is 1. The van der Waals surface area contributed by atoms with E-state index in [1.165, 1.54) is 0 Å². The molecular weight excluding hydrogens is 458 g/mol. The maximum absolute atomic E-state index is 13.0. The monoisotopic (exact) mass is 491 g/mol. The Morgan fingerprint density at radius 3 is 2.63 bits per heavy atom. The normalized spacial score (nSPS) is 21.1. The van der Waals surface area contributed by atoms with E-state index >= 15 is 0 Å². The van der Waals surface area contributed by atoms with Crippen molar-refractivity contribution < 1.29 is 9.90 Å². The standard InChI is InChI=1S/C27H33N5O2S/c1-18-9-12-28-25(15-18)31-24-4-2-3-22(30-24)23-16-29-26(35-23)20-5-7-21(8-6-20)27(34)32-13-10-19(17-33)11-14-32/h2-4,9,12,15-16,19-21,33H,5-8,10-11,13-14,17H2,1H3,(H,28,30,31)/t20-,21-. The molecule has 5 rings (SSSR count). The van der Waals surface area contributed by atoms with Gasteiger partial charge in [-0.1, -0.05) is 6.07 Å². The molecule has 1 saturated heterocycles. The molecule has 35 heavy (non-hydrogen) atoms. The number of piperidine rings is 1. The van der Waals surface area contributed by atoms with Crippen molar-refractivity contribution >= 4 is 28.9 Å². The highest BCUT2D eigenvalue weighted by atomic mass is 32.1. The molecule has 4 heterocycles. The predicted octanol–water partition coefficient (Wildman–Crippen LogP) is 5.16. The van der Waals surface area contributed by atoms with E-state index < -0.39 is 0 Å². The molecule has 0 unspecified atom stereocenters. The minimum Gasteiger partial charge on any atom is -0.396 e. The number of aliphatic hydroxyl groups is 1. The molecule has 8 heteroatoms. The molecule has 0 aromatic carbocycles. The average Bonchev–Trinajstić information content (AvgIpc) is 3.39. The molecule has 2 aliphatic rings. The second-order valence-electron chi connectivity index (χ2n) is 9.81. The summed E-state index contributed by atoms with van der Waals surface area (Å²) in [4.78, 5) is 30.0. The van der Waals surface area contributed by atoms with Crippen molar-refractivity contribution in [2.24, 2.45) is 11.8 Å². The highest BCUT2D eigenvalue weighted by Crippen LogP contribution is 2.40. The second-order valence-corrected chi connectivity index (χ2v) is 10.9. The van der Waals surface area contributed by atoms with Gasteiger partial charge >= 0.3 is 0 Å². The van der Waals surface area contributed by atoms with Crippen molar-refractivity contribution in [2.75, 3.05) is 25.0 Å². The lowest BCUT2D eigenvalue weighted by atomic mass is 9.81. The van der Waals surface area contributed by atoms with Crippen LogP contribution >= 0.6 is 11.3 Å². The summed E-state index contributed by atoms with van der Waals surface area (Å²) in [5, 5.41) is 13.8. The Labute approximate surface area is 210 Å². The minimum absolute atomic E-state index is 0.135. The number of hydrogen-bond donors (Lipinski definition) is 2. The van der Waals surface area contributed by atoms with Crippen LogP contribution in [0, 0.1) is 18.8 Å². The molecule has 7 nitrogen and oxygen atoms in total. The maximum Gasteiger partial charge on any atom is 0.225 e. The third-order valence-corrected chi connectivity index (χ3v) is 8.49. The van der Waals surface area contributed by atoms with E-state index in [0.29, 0.717) is 17.7 Å². The Balaban J connectivity index is 1.18. The van der Waals surface area contributed by atoms with Crippen LogP contribution in [0.2, 0.25) is 0 Å². The van der Waals surface area contributed by atoms with Crippen molar-refractivity contribution in [3.8, 4) is 10.6 Å². The lowest BCUT2D eigenvalue weighted by Gasteiger charge is -2.35. The Morgan fingerprint density at radius 1 is 1.09 bits per heavy atom. The summed E-state index contributed by atoms with van der Waals surface area (Å²) in [6.07, 6.45) is 9.43. The van der Waals surface area contributed by atoms with Crippen LogP contribution in [0.3, 0.4) is 0 Å². The number of carbonyl (C=O) groups excluding carboxylic acids is 1. The van der Waals surface area contributed by atoms with Crippen LogP contribution in [0.1, 0.15) is 55.0 Å². The fourth-order valence-electron chi connectivity index (χ4n) is 5.15. The van der Waals surface area contributed by atoms with Gasteiger partial charge in [0.1, 0.15) is 11.6 Å². The van der Waals surface area contributed by atoms with Gasteiger partial charge in [0, 0.05) is 43.9 Å². The van der Waals surface area contributed by atoms with Crippen LogP contribution in [-0.2, 0) is 4.79 Å². The molecule has 2 fully saturated rings. The SMILES string of the molecule is Cc1ccnc(Nc2cccc(-c3cnc([C@H]4CC[C@H](C(=O)N5CCC(CO)CC5)CC4)s3)n2)c1. The van der Waals surface area contributed by atoms with Crippen molar-refractivity contribution in [1.29, 1.82) is 0 Å². The van der Waals surface area contributed by atoms with Crippen molar-refractivity contribution in [1.82, 2.24) is 19.9 Å². The van der Waals surface area contributed by atoms with Crippen molar-refractivity contribution in [2.45, 2.75) is 51.4 Å². The molecule has 1 saturated carbocycles. The van der Waals surface area contributed by atoms with Crippen LogP contribution < -0.4 is 5.32 Å². The van der Waals surface area contributed by atoms with Gasteiger partial charge in [0.05, 0.1) is 15.6 Å². The first kappa shape index (κ1) is 23.9. The number of pyridine rings is 2. The van der Waals surface area contributed by atoms with Gasteiger partial charge in [0.15, 0.2) is 0 Å². The largest absolute Gasteiger partial charge is 0.396 e. The fourth-order valence-corrected chi connectivity index (χ4v) is 6.21. The van der Waals surface area contributed by atoms with E-state index in [9.17, 15) is 9.90 Å². The summed E-state index contributed by atoms with van der Waals surface area (Å²) in [7, 11) is 0. The third kappa shape index (κ3) is 5.70. The van der Waals surface area contributed by atoms with Gasteiger partial charge < -0.3 is 15.3 Å². The molecule has 0 atom stereocenters. The maximum atomic E-state index is 13.0. The number of nitrogens with zero attached hydrogens (tertiary/aromatic N) is 4. The third-order valence-electron chi connectivity index (χ3n) is 7.31. The number of amides is 1. The number of anilines is 2. The number of likely N-dealkylation sites (tertiary alicyclic amines) is 1. The molecular formula is C27H33N5O2S. The fraction of sp³-hybridized carbons (Fsp3) is 0.481. The number of nitrogens with one attached hydrogen (secondary N) is 1. The zero-order valence-corrected chi connectivity index (χ0v) is 21.0. The van der Waals surface area contributed by atoms with Gasteiger partial charge in [-0.3, -0.25) is 4.79 Å². The van der Waals surface area contributed by atoms with E-state index in [2.05, 4.69) is 10.3 Å². The van der Waals surface area contributed by atoms with E-state index in [0.717, 1.165) is 84.4 Å². The predicted molar refractivity (Wildman–Crippen MR) is 139 cm³/mol. The van der Waals surface area contributed by atoms with Gasteiger partial charge in [-0.25, -0.2) is 15.0 Å². The van der Waals surface area contributed by atoms with Crippen LogP contribution in [0.4, 0.5) is 11.6 Å². The summed E-state index contributed by atoms with van der Waals surface area (Å²) in [6, 6.07) is 9.93. The molecule has 0 bridgehead atoms. The number of rotatable bonds is 6. The molecule has 184 valence electrons. The van der Waals surface area contributed by atoms with E-state index in [1.54, 1.807) is 17.5 Å².